The molecule has 0 aromatic heterocycles. The number of aryl methyl sites for hydroxylation is 1. The number of aliphatic carboxylic acids is 1. The van der Waals surface area contributed by atoms with Crippen molar-refractivity contribution in [3.63, 3.8) is 0 Å². The number of anilines is 1. The summed E-state index contributed by atoms with van der Waals surface area (Å²) < 4.78 is 0. The summed E-state index contributed by atoms with van der Waals surface area (Å²) in [7, 11) is 0. The number of hydrogen-bond donors (Lipinski definition) is 1. The van der Waals surface area contributed by atoms with Crippen LogP contribution < -0.4 is 4.90 Å². The van der Waals surface area contributed by atoms with Gasteiger partial charge in [-0.05, 0) is 24.0 Å². The van der Waals surface area contributed by atoms with Crippen LogP contribution in [0.1, 0.15) is 37.3 Å². The third kappa shape index (κ3) is 2.48. The smallest absolute Gasteiger partial charge is 0.308 e. The number of para-hydroxylation sites is 1. The van der Waals surface area contributed by atoms with Crippen LogP contribution in [-0.4, -0.2) is 23.5 Å². The Labute approximate surface area is 113 Å². The zero-order chi connectivity index (χ0) is 14.2. The zero-order valence-electron chi connectivity index (χ0n) is 11.5. The third-order valence-electron chi connectivity index (χ3n) is 3.64. The SMILES string of the molecule is Cc1cccc(C(C)C)c1N1CC(C(=O)O)CC1=O. The Hall–Kier alpha value is -1.84. The largest absolute Gasteiger partial charge is 0.481 e. The van der Waals surface area contributed by atoms with Gasteiger partial charge in [-0.2, -0.15) is 0 Å². The lowest BCUT2D eigenvalue weighted by Crippen LogP contribution is -2.27. The third-order valence-corrected chi connectivity index (χ3v) is 3.64. The lowest BCUT2D eigenvalue weighted by Gasteiger charge is -2.24. The molecule has 4 heteroatoms. The molecule has 1 fully saturated rings. The Balaban J connectivity index is 2.42. The van der Waals surface area contributed by atoms with Crippen molar-refractivity contribution >= 4 is 17.6 Å². The molecule has 1 unspecified atom stereocenters. The minimum atomic E-state index is -0.893. The molecular weight excluding hydrogens is 242 g/mol. The maximum Gasteiger partial charge on any atom is 0.308 e. The Morgan fingerprint density at radius 2 is 2.11 bits per heavy atom. The molecule has 102 valence electrons. The van der Waals surface area contributed by atoms with Crippen LogP contribution in [-0.2, 0) is 9.59 Å². The molecule has 1 aliphatic rings. The first-order chi connectivity index (χ1) is 8.91. The van der Waals surface area contributed by atoms with Gasteiger partial charge in [-0.25, -0.2) is 0 Å². The lowest BCUT2D eigenvalue weighted by atomic mass is 9.97. The molecule has 1 aromatic rings. The van der Waals surface area contributed by atoms with Gasteiger partial charge in [0.05, 0.1) is 5.92 Å². The van der Waals surface area contributed by atoms with Gasteiger partial charge in [0.2, 0.25) is 5.91 Å². The van der Waals surface area contributed by atoms with Crippen LogP contribution in [0.3, 0.4) is 0 Å². The Bertz CT molecular complexity index is 522. The topological polar surface area (TPSA) is 57.6 Å². The van der Waals surface area contributed by atoms with E-state index in [0.29, 0.717) is 5.92 Å². The van der Waals surface area contributed by atoms with Gasteiger partial charge in [0.25, 0.3) is 0 Å². The normalized spacial score (nSPS) is 19.3. The van der Waals surface area contributed by atoms with E-state index >= 15 is 0 Å². The predicted octanol–water partition coefficient (Wildman–Crippen LogP) is 2.56. The first-order valence-corrected chi connectivity index (χ1v) is 6.54. The van der Waals surface area contributed by atoms with E-state index in [-0.39, 0.29) is 18.9 Å². The van der Waals surface area contributed by atoms with Gasteiger partial charge in [-0.1, -0.05) is 32.0 Å². The summed E-state index contributed by atoms with van der Waals surface area (Å²) in [4.78, 5) is 24.8. The first-order valence-electron chi connectivity index (χ1n) is 6.54. The molecule has 1 atom stereocenters. The molecule has 0 radical (unpaired) electrons. The molecule has 19 heavy (non-hydrogen) atoms. The van der Waals surface area contributed by atoms with Gasteiger partial charge in [-0.3, -0.25) is 9.59 Å². The molecule has 0 saturated carbocycles. The zero-order valence-corrected chi connectivity index (χ0v) is 11.5. The quantitative estimate of drug-likeness (QED) is 0.909. The van der Waals surface area contributed by atoms with Crippen molar-refractivity contribution in [2.75, 3.05) is 11.4 Å². The predicted molar refractivity (Wildman–Crippen MR) is 73.4 cm³/mol. The molecule has 1 aliphatic heterocycles. The minimum Gasteiger partial charge on any atom is -0.481 e. The van der Waals surface area contributed by atoms with Crippen molar-refractivity contribution in [1.29, 1.82) is 0 Å². The van der Waals surface area contributed by atoms with Crippen LogP contribution in [0.5, 0.6) is 0 Å². The fourth-order valence-electron chi connectivity index (χ4n) is 2.61. The van der Waals surface area contributed by atoms with E-state index in [9.17, 15) is 9.59 Å². The van der Waals surface area contributed by atoms with Gasteiger partial charge in [0.1, 0.15) is 0 Å². The monoisotopic (exact) mass is 261 g/mol. The van der Waals surface area contributed by atoms with Gasteiger partial charge in [0, 0.05) is 18.7 Å². The van der Waals surface area contributed by atoms with E-state index in [4.69, 9.17) is 5.11 Å². The van der Waals surface area contributed by atoms with Gasteiger partial charge < -0.3 is 10.0 Å². The molecule has 0 bridgehead atoms. The summed E-state index contributed by atoms with van der Waals surface area (Å²) in [5.74, 6) is -1.28. The lowest BCUT2D eigenvalue weighted by molar-refractivity contribution is -0.141. The molecule has 0 aliphatic carbocycles. The second-order valence-electron chi connectivity index (χ2n) is 5.41. The summed E-state index contributed by atoms with van der Waals surface area (Å²) in [6, 6.07) is 5.94. The van der Waals surface area contributed by atoms with E-state index in [1.54, 1.807) is 4.90 Å². The number of benzene rings is 1. The number of rotatable bonds is 3. The molecule has 1 heterocycles. The number of nitrogens with zero attached hydrogens (tertiary/aromatic N) is 1. The highest BCUT2D eigenvalue weighted by atomic mass is 16.4. The molecule has 1 N–H and O–H groups in total. The van der Waals surface area contributed by atoms with E-state index < -0.39 is 11.9 Å². The summed E-state index contributed by atoms with van der Waals surface area (Å²) in [6.45, 7) is 6.39. The van der Waals surface area contributed by atoms with Crippen molar-refractivity contribution < 1.29 is 14.7 Å². The van der Waals surface area contributed by atoms with Crippen LogP contribution in [0.4, 0.5) is 5.69 Å². The van der Waals surface area contributed by atoms with E-state index in [1.165, 1.54) is 0 Å². The van der Waals surface area contributed by atoms with Crippen molar-refractivity contribution in [2.45, 2.75) is 33.1 Å². The van der Waals surface area contributed by atoms with Crippen LogP contribution in [0.15, 0.2) is 18.2 Å². The van der Waals surface area contributed by atoms with Gasteiger partial charge >= 0.3 is 5.97 Å². The van der Waals surface area contributed by atoms with Crippen LogP contribution in [0, 0.1) is 12.8 Å². The average molecular weight is 261 g/mol. The van der Waals surface area contributed by atoms with E-state index in [1.807, 2.05) is 25.1 Å². The summed E-state index contributed by atoms with van der Waals surface area (Å²) >= 11 is 0. The van der Waals surface area contributed by atoms with Crippen molar-refractivity contribution in [2.24, 2.45) is 5.92 Å². The maximum atomic E-state index is 12.1. The molecule has 4 nitrogen and oxygen atoms in total. The van der Waals surface area contributed by atoms with E-state index in [0.717, 1.165) is 16.8 Å². The van der Waals surface area contributed by atoms with Crippen molar-refractivity contribution in [3.8, 4) is 0 Å². The number of carbonyl (C=O) groups is 2. The highest BCUT2D eigenvalue weighted by Gasteiger charge is 2.36. The van der Waals surface area contributed by atoms with Crippen molar-refractivity contribution in [1.82, 2.24) is 0 Å². The molecule has 1 saturated heterocycles. The molecule has 1 amide bonds. The fraction of sp³-hybridized carbons (Fsp3) is 0.467. The van der Waals surface area contributed by atoms with Crippen molar-refractivity contribution in [3.05, 3.63) is 29.3 Å². The summed E-state index contributed by atoms with van der Waals surface area (Å²) in [5.41, 5.74) is 3.01. The molecule has 0 spiro atoms. The highest BCUT2D eigenvalue weighted by Crippen LogP contribution is 2.34. The molecular formula is C15H19NO3. The van der Waals surface area contributed by atoms with Crippen LogP contribution >= 0.6 is 0 Å². The summed E-state index contributed by atoms with van der Waals surface area (Å²) in [5, 5.41) is 9.06. The number of carbonyl (C=O) groups excluding carboxylic acids is 1. The second kappa shape index (κ2) is 5.03. The van der Waals surface area contributed by atoms with Crippen LogP contribution in [0.2, 0.25) is 0 Å². The second-order valence-corrected chi connectivity index (χ2v) is 5.41. The van der Waals surface area contributed by atoms with Crippen LogP contribution in [0.25, 0.3) is 0 Å². The molecule has 1 aromatic carbocycles. The number of carboxylic acid groups (broad SMARTS) is 1. The minimum absolute atomic E-state index is 0.0939. The standard InChI is InChI=1S/C15H19NO3/c1-9(2)12-6-4-5-10(3)14(12)16-8-11(15(18)19)7-13(16)17/h4-6,9,11H,7-8H2,1-3H3,(H,18,19). The Morgan fingerprint density at radius 1 is 1.42 bits per heavy atom. The fourth-order valence-corrected chi connectivity index (χ4v) is 2.61. The number of amides is 1. The molecule has 2 rings (SSSR count). The highest BCUT2D eigenvalue weighted by molar-refractivity contribution is 6.00. The number of hydrogen-bond acceptors (Lipinski definition) is 2. The Morgan fingerprint density at radius 3 is 2.63 bits per heavy atom. The van der Waals surface area contributed by atoms with Gasteiger partial charge in [-0.15, -0.1) is 0 Å². The average Bonchev–Trinajstić information content (AvgIpc) is 2.71. The first kappa shape index (κ1) is 13.6. The number of carboxylic acids is 1. The van der Waals surface area contributed by atoms with Gasteiger partial charge in [0.15, 0.2) is 0 Å². The summed E-state index contributed by atoms with van der Waals surface area (Å²) in [6.07, 6.45) is 0.0984. The van der Waals surface area contributed by atoms with E-state index in [2.05, 4.69) is 13.8 Å². The maximum absolute atomic E-state index is 12.1. The Kier molecular flexibility index (Phi) is 3.60.